The van der Waals surface area contributed by atoms with Crippen LogP contribution in [-0.4, -0.2) is 42.0 Å². The minimum atomic E-state index is -0.343. The molecule has 0 bridgehead atoms. The monoisotopic (exact) mass is 342 g/mol. The van der Waals surface area contributed by atoms with Crippen LogP contribution in [0.25, 0.3) is 0 Å². The van der Waals surface area contributed by atoms with Crippen LogP contribution in [0.15, 0.2) is 41.2 Å². The van der Waals surface area contributed by atoms with Gasteiger partial charge in [0.05, 0.1) is 6.10 Å². The Morgan fingerprint density at radius 3 is 2.44 bits per heavy atom. The van der Waals surface area contributed by atoms with Crippen molar-refractivity contribution in [1.82, 2.24) is 9.78 Å². The zero-order valence-corrected chi connectivity index (χ0v) is 14.4. The van der Waals surface area contributed by atoms with Gasteiger partial charge in [0.25, 0.3) is 11.5 Å². The summed E-state index contributed by atoms with van der Waals surface area (Å²) in [6.45, 7) is 1.93. The maximum Gasteiger partial charge on any atom is 0.276 e. The lowest BCUT2D eigenvalue weighted by Gasteiger charge is -2.33. The lowest BCUT2D eigenvalue weighted by atomic mass is 10.1. The highest BCUT2D eigenvalue weighted by atomic mass is 16.5. The molecule has 0 unspecified atom stereocenters. The molecule has 7 nitrogen and oxygen atoms in total. The summed E-state index contributed by atoms with van der Waals surface area (Å²) in [6, 6.07) is 10.5. The zero-order chi connectivity index (χ0) is 17.8. The Labute approximate surface area is 146 Å². The summed E-state index contributed by atoms with van der Waals surface area (Å²) in [5.41, 5.74) is 1.77. The average molecular weight is 342 g/mol. The number of piperidine rings is 1. The van der Waals surface area contributed by atoms with Gasteiger partial charge in [-0.3, -0.25) is 9.59 Å². The molecule has 0 radical (unpaired) electrons. The number of nitrogens with one attached hydrogen (secondary N) is 1. The fraction of sp³-hybridized carbons (Fsp3) is 0.389. The van der Waals surface area contributed by atoms with Crippen molar-refractivity contribution >= 4 is 17.3 Å². The maximum absolute atomic E-state index is 12.2. The lowest BCUT2D eigenvalue weighted by Crippen LogP contribution is -2.36. The van der Waals surface area contributed by atoms with E-state index in [4.69, 9.17) is 4.74 Å². The second kappa shape index (κ2) is 7.48. The van der Waals surface area contributed by atoms with Gasteiger partial charge in [-0.05, 0) is 43.2 Å². The van der Waals surface area contributed by atoms with E-state index in [0.717, 1.165) is 36.3 Å². The molecule has 1 aromatic heterocycles. The van der Waals surface area contributed by atoms with Crippen LogP contribution in [0.4, 0.5) is 11.4 Å². The third-order valence-corrected chi connectivity index (χ3v) is 4.46. The van der Waals surface area contributed by atoms with Crippen LogP contribution in [0.3, 0.4) is 0 Å². The van der Waals surface area contributed by atoms with Crippen LogP contribution >= 0.6 is 0 Å². The number of amides is 1. The van der Waals surface area contributed by atoms with Gasteiger partial charge in [-0.1, -0.05) is 0 Å². The first-order valence-electron chi connectivity index (χ1n) is 8.30. The van der Waals surface area contributed by atoms with E-state index in [1.54, 1.807) is 7.11 Å². The standard InChI is InChI=1S/C18H22N4O3/c1-21-17(23)8-7-16(20-21)18(24)19-13-3-5-14(6-4-13)22-11-9-15(25-2)10-12-22/h3-8,15H,9-12H2,1-2H3,(H,19,24). The first-order chi connectivity index (χ1) is 12.1. The van der Waals surface area contributed by atoms with Crippen LogP contribution in [0, 0.1) is 0 Å². The Balaban J connectivity index is 1.63. The molecule has 1 saturated heterocycles. The van der Waals surface area contributed by atoms with Gasteiger partial charge in [0.2, 0.25) is 0 Å². The molecule has 0 saturated carbocycles. The molecule has 132 valence electrons. The van der Waals surface area contributed by atoms with E-state index in [1.165, 1.54) is 19.2 Å². The molecule has 0 aliphatic carbocycles. The van der Waals surface area contributed by atoms with Crippen molar-refractivity contribution in [2.24, 2.45) is 7.05 Å². The molecule has 1 aliphatic rings. The Morgan fingerprint density at radius 1 is 1.16 bits per heavy atom. The van der Waals surface area contributed by atoms with Gasteiger partial charge in [0, 0.05) is 44.7 Å². The highest BCUT2D eigenvalue weighted by Gasteiger charge is 2.18. The van der Waals surface area contributed by atoms with Crippen LogP contribution in [0.1, 0.15) is 23.3 Å². The third-order valence-electron chi connectivity index (χ3n) is 4.46. The average Bonchev–Trinajstić information content (AvgIpc) is 2.64. The number of aryl methyl sites for hydroxylation is 1. The van der Waals surface area contributed by atoms with E-state index < -0.39 is 0 Å². The summed E-state index contributed by atoms with van der Waals surface area (Å²) >= 11 is 0. The van der Waals surface area contributed by atoms with E-state index in [2.05, 4.69) is 15.3 Å². The van der Waals surface area contributed by atoms with Gasteiger partial charge in [-0.15, -0.1) is 0 Å². The number of methoxy groups -OCH3 is 1. The molecule has 1 amide bonds. The summed E-state index contributed by atoms with van der Waals surface area (Å²) in [6.07, 6.45) is 2.39. The minimum Gasteiger partial charge on any atom is -0.381 e. The second-order valence-electron chi connectivity index (χ2n) is 6.10. The van der Waals surface area contributed by atoms with E-state index >= 15 is 0 Å². The number of anilines is 2. The quantitative estimate of drug-likeness (QED) is 0.914. The molecule has 1 aliphatic heterocycles. The van der Waals surface area contributed by atoms with E-state index in [9.17, 15) is 9.59 Å². The summed E-state index contributed by atoms with van der Waals surface area (Å²) in [5, 5.41) is 6.74. The van der Waals surface area contributed by atoms with Crippen LogP contribution in [-0.2, 0) is 11.8 Å². The fourth-order valence-corrected chi connectivity index (χ4v) is 2.92. The number of aromatic nitrogens is 2. The predicted octanol–water partition coefficient (Wildman–Crippen LogP) is 1.65. The maximum atomic E-state index is 12.2. The number of carbonyl (C=O) groups is 1. The highest BCUT2D eigenvalue weighted by molar-refractivity contribution is 6.02. The molecule has 25 heavy (non-hydrogen) atoms. The highest BCUT2D eigenvalue weighted by Crippen LogP contribution is 2.23. The van der Waals surface area contributed by atoms with Gasteiger partial charge < -0.3 is 15.0 Å². The molecule has 0 spiro atoms. The molecule has 2 aromatic rings. The summed E-state index contributed by atoms with van der Waals surface area (Å²) < 4.78 is 6.54. The lowest BCUT2D eigenvalue weighted by molar-refractivity contribution is 0.0819. The number of hydrogen-bond acceptors (Lipinski definition) is 5. The summed E-state index contributed by atoms with van der Waals surface area (Å²) in [4.78, 5) is 25.9. The van der Waals surface area contributed by atoms with E-state index in [1.807, 2.05) is 24.3 Å². The van der Waals surface area contributed by atoms with Crippen molar-refractivity contribution < 1.29 is 9.53 Å². The van der Waals surface area contributed by atoms with Crippen LogP contribution in [0.2, 0.25) is 0 Å². The van der Waals surface area contributed by atoms with Gasteiger partial charge >= 0.3 is 0 Å². The SMILES string of the molecule is COC1CCN(c2ccc(NC(=O)c3ccc(=O)n(C)n3)cc2)CC1. The van der Waals surface area contributed by atoms with Crippen LogP contribution < -0.4 is 15.8 Å². The van der Waals surface area contributed by atoms with Crippen molar-refractivity contribution in [3.05, 3.63) is 52.4 Å². The molecule has 3 rings (SSSR count). The van der Waals surface area contributed by atoms with E-state index in [0.29, 0.717) is 11.8 Å². The van der Waals surface area contributed by atoms with Crippen LogP contribution in [0.5, 0.6) is 0 Å². The Bertz CT molecular complexity index is 793. The van der Waals surface area contributed by atoms with E-state index in [-0.39, 0.29) is 17.2 Å². The Kier molecular flexibility index (Phi) is 5.14. The number of carbonyl (C=O) groups excluding carboxylic acids is 1. The number of nitrogens with zero attached hydrogens (tertiary/aromatic N) is 3. The largest absolute Gasteiger partial charge is 0.381 e. The molecule has 7 heteroatoms. The smallest absolute Gasteiger partial charge is 0.276 e. The molecule has 1 fully saturated rings. The third kappa shape index (κ3) is 4.06. The normalized spacial score (nSPS) is 15.2. The molecular weight excluding hydrogens is 320 g/mol. The van der Waals surface area contributed by atoms with Gasteiger partial charge in [-0.25, -0.2) is 4.68 Å². The molecule has 2 heterocycles. The molecule has 1 N–H and O–H groups in total. The van der Waals surface area contributed by atoms with Crippen molar-refractivity contribution in [2.45, 2.75) is 18.9 Å². The zero-order valence-electron chi connectivity index (χ0n) is 14.4. The predicted molar refractivity (Wildman–Crippen MR) is 96.1 cm³/mol. The molecular formula is C18H22N4O3. The topological polar surface area (TPSA) is 76.5 Å². The van der Waals surface area contributed by atoms with Gasteiger partial charge in [-0.2, -0.15) is 5.10 Å². The Hall–Kier alpha value is -2.67. The second-order valence-corrected chi connectivity index (χ2v) is 6.10. The fourth-order valence-electron chi connectivity index (χ4n) is 2.92. The summed E-state index contributed by atoms with van der Waals surface area (Å²) in [7, 11) is 3.28. The summed E-state index contributed by atoms with van der Waals surface area (Å²) in [5.74, 6) is -0.343. The van der Waals surface area contributed by atoms with Crippen molar-refractivity contribution in [3.8, 4) is 0 Å². The van der Waals surface area contributed by atoms with Crippen molar-refractivity contribution in [1.29, 1.82) is 0 Å². The number of ether oxygens (including phenoxy) is 1. The number of rotatable bonds is 4. The number of hydrogen-bond donors (Lipinski definition) is 1. The van der Waals surface area contributed by atoms with Crippen molar-refractivity contribution in [3.63, 3.8) is 0 Å². The molecule has 0 atom stereocenters. The Morgan fingerprint density at radius 2 is 1.84 bits per heavy atom. The molecule has 1 aromatic carbocycles. The van der Waals surface area contributed by atoms with Gasteiger partial charge in [0.1, 0.15) is 5.69 Å². The number of benzene rings is 1. The first-order valence-corrected chi connectivity index (χ1v) is 8.30. The van der Waals surface area contributed by atoms with Gasteiger partial charge in [0.15, 0.2) is 0 Å². The minimum absolute atomic E-state index is 0.202. The first kappa shape index (κ1) is 17.2. The van der Waals surface area contributed by atoms with Crippen molar-refractivity contribution in [2.75, 3.05) is 30.4 Å².